The third-order valence-corrected chi connectivity index (χ3v) is 4.37. The summed E-state index contributed by atoms with van der Waals surface area (Å²) >= 11 is 12.4. The van der Waals surface area contributed by atoms with Gasteiger partial charge in [-0.1, -0.05) is 49.0 Å². The number of benzene rings is 1. The first-order chi connectivity index (χ1) is 9.63. The number of rotatable bonds is 6. The van der Waals surface area contributed by atoms with E-state index in [9.17, 15) is 0 Å². The minimum absolute atomic E-state index is 0.322. The molecular weight excluding hydrogens is 291 g/mol. The first-order valence-electron chi connectivity index (χ1n) is 7.06. The zero-order valence-electron chi connectivity index (χ0n) is 11.9. The molecule has 0 saturated carbocycles. The molecule has 0 aliphatic heterocycles. The van der Waals surface area contributed by atoms with Crippen LogP contribution < -0.4 is 0 Å². The molecule has 4 heteroatoms. The van der Waals surface area contributed by atoms with Crippen LogP contribution >= 0.6 is 23.2 Å². The highest BCUT2D eigenvalue weighted by molar-refractivity contribution is 6.35. The molecule has 0 saturated heterocycles. The Hall–Kier alpha value is -0.990. The average molecular weight is 311 g/mol. The highest BCUT2D eigenvalue weighted by Crippen LogP contribution is 2.37. The van der Waals surface area contributed by atoms with Crippen molar-refractivity contribution in [2.24, 2.45) is 0 Å². The van der Waals surface area contributed by atoms with Crippen molar-refractivity contribution in [2.45, 2.75) is 45.1 Å². The van der Waals surface area contributed by atoms with Crippen molar-refractivity contribution in [1.82, 2.24) is 9.55 Å². The minimum atomic E-state index is 0.322. The summed E-state index contributed by atoms with van der Waals surface area (Å²) in [5.41, 5.74) is 1.17. The SMILES string of the molecule is CCCCC(c1ccc(Cl)cc1Cl)C(C)n1ccnc1. The standard InChI is InChI=1S/C16H20Cl2N2/c1-3-4-5-14(12(2)20-9-8-19-11-20)15-7-6-13(17)10-16(15)18/h6-12,14H,3-5H2,1-2H3. The molecule has 2 unspecified atom stereocenters. The van der Waals surface area contributed by atoms with Gasteiger partial charge in [0.25, 0.3) is 0 Å². The van der Waals surface area contributed by atoms with Gasteiger partial charge in [0.05, 0.1) is 6.33 Å². The predicted octanol–water partition coefficient (Wildman–Crippen LogP) is 5.72. The van der Waals surface area contributed by atoms with Crippen LogP contribution in [-0.4, -0.2) is 9.55 Å². The number of aromatic nitrogens is 2. The topological polar surface area (TPSA) is 17.8 Å². The van der Waals surface area contributed by atoms with Crippen LogP contribution in [0, 0.1) is 0 Å². The Bertz CT molecular complexity index is 537. The molecule has 2 aromatic rings. The molecule has 108 valence electrons. The molecule has 0 aliphatic rings. The van der Waals surface area contributed by atoms with Crippen molar-refractivity contribution in [3.63, 3.8) is 0 Å². The second-order valence-electron chi connectivity index (χ2n) is 5.17. The Labute approximate surface area is 130 Å². The van der Waals surface area contributed by atoms with Gasteiger partial charge < -0.3 is 4.57 Å². The van der Waals surface area contributed by atoms with Crippen LogP contribution in [0.5, 0.6) is 0 Å². The summed E-state index contributed by atoms with van der Waals surface area (Å²) in [6.45, 7) is 4.43. The molecule has 0 radical (unpaired) electrons. The van der Waals surface area contributed by atoms with Gasteiger partial charge in [-0.05, 0) is 31.0 Å². The fourth-order valence-electron chi connectivity index (χ4n) is 2.60. The van der Waals surface area contributed by atoms with Gasteiger partial charge in [-0.15, -0.1) is 0 Å². The molecule has 20 heavy (non-hydrogen) atoms. The summed E-state index contributed by atoms with van der Waals surface area (Å²) in [5.74, 6) is 0.369. The van der Waals surface area contributed by atoms with E-state index in [1.165, 1.54) is 18.4 Å². The molecule has 2 atom stereocenters. The summed E-state index contributed by atoms with van der Waals surface area (Å²) in [6, 6.07) is 6.13. The first-order valence-corrected chi connectivity index (χ1v) is 7.81. The van der Waals surface area contributed by atoms with E-state index < -0.39 is 0 Å². The maximum Gasteiger partial charge on any atom is 0.0948 e. The molecule has 0 amide bonds. The van der Waals surface area contributed by atoms with Crippen LogP contribution in [-0.2, 0) is 0 Å². The molecule has 2 nitrogen and oxygen atoms in total. The third kappa shape index (κ3) is 3.56. The number of halogens is 2. The Kier molecular flexibility index (Phi) is 5.50. The zero-order valence-corrected chi connectivity index (χ0v) is 13.4. The summed E-state index contributed by atoms with van der Waals surface area (Å²) in [7, 11) is 0. The van der Waals surface area contributed by atoms with E-state index >= 15 is 0 Å². The average Bonchev–Trinajstić information content (AvgIpc) is 2.94. The van der Waals surface area contributed by atoms with Crippen LogP contribution in [0.2, 0.25) is 10.0 Å². The number of hydrogen-bond donors (Lipinski definition) is 0. The fraction of sp³-hybridized carbons (Fsp3) is 0.438. The van der Waals surface area contributed by atoms with Crippen LogP contribution in [0.25, 0.3) is 0 Å². The van der Waals surface area contributed by atoms with Gasteiger partial charge >= 0.3 is 0 Å². The number of imidazole rings is 1. The van der Waals surface area contributed by atoms with E-state index in [4.69, 9.17) is 23.2 Å². The molecule has 0 bridgehead atoms. The lowest BCUT2D eigenvalue weighted by molar-refractivity contribution is 0.411. The maximum absolute atomic E-state index is 6.40. The molecule has 0 fully saturated rings. The quantitative estimate of drug-likeness (QED) is 0.666. The smallest absolute Gasteiger partial charge is 0.0948 e. The van der Waals surface area contributed by atoms with Gasteiger partial charge in [-0.2, -0.15) is 0 Å². The Morgan fingerprint density at radius 1 is 1.30 bits per heavy atom. The normalized spacial score (nSPS) is 14.2. The van der Waals surface area contributed by atoms with Crippen molar-refractivity contribution in [3.05, 3.63) is 52.5 Å². The van der Waals surface area contributed by atoms with Crippen molar-refractivity contribution in [2.75, 3.05) is 0 Å². The molecule has 1 aromatic heterocycles. The molecule has 0 spiro atoms. The summed E-state index contributed by atoms with van der Waals surface area (Å²) < 4.78 is 2.14. The predicted molar refractivity (Wildman–Crippen MR) is 85.7 cm³/mol. The van der Waals surface area contributed by atoms with E-state index in [0.29, 0.717) is 17.0 Å². The van der Waals surface area contributed by atoms with E-state index in [0.717, 1.165) is 11.4 Å². The van der Waals surface area contributed by atoms with Gasteiger partial charge in [0.1, 0.15) is 0 Å². The van der Waals surface area contributed by atoms with Gasteiger partial charge in [0, 0.05) is 34.4 Å². The first kappa shape index (κ1) is 15.4. The lowest BCUT2D eigenvalue weighted by atomic mass is 9.87. The molecular formula is C16H20Cl2N2. The van der Waals surface area contributed by atoms with Gasteiger partial charge in [0.2, 0.25) is 0 Å². The van der Waals surface area contributed by atoms with Gasteiger partial charge in [-0.3, -0.25) is 0 Å². The van der Waals surface area contributed by atoms with E-state index in [1.807, 2.05) is 30.9 Å². The number of unbranched alkanes of at least 4 members (excludes halogenated alkanes) is 1. The highest BCUT2D eigenvalue weighted by atomic mass is 35.5. The van der Waals surface area contributed by atoms with Crippen LogP contribution in [0.15, 0.2) is 36.9 Å². The Balaban J connectivity index is 2.31. The molecule has 0 N–H and O–H groups in total. The summed E-state index contributed by atoms with van der Waals surface area (Å²) in [4.78, 5) is 4.15. The van der Waals surface area contributed by atoms with Gasteiger partial charge in [-0.25, -0.2) is 4.98 Å². The number of nitrogens with zero attached hydrogens (tertiary/aromatic N) is 2. The Morgan fingerprint density at radius 2 is 2.10 bits per heavy atom. The molecule has 2 rings (SSSR count). The maximum atomic E-state index is 6.40. The Morgan fingerprint density at radius 3 is 2.70 bits per heavy atom. The molecule has 1 heterocycles. The second kappa shape index (κ2) is 7.14. The van der Waals surface area contributed by atoms with Crippen molar-refractivity contribution in [1.29, 1.82) is 0 Å². The molecule has 1 aromatic carbocycles. The van der Waals surface area contributed by atoms with Crippen LogP contribution in [0.3, 0.4) is 0 Å². The second-order valence-corrected chi connectivity index (χ2v) is 6.01. The van der Waals surface area contributed by atoms with E-state index in [-0.39, 0.29) is 0 Å². The lowest BCUT2D eigenvalue weighted by Crippen LogP contribution is -2.14. The van der Waals surface area contributed by atoms with E-state index in [2.05, 4.69) is 29.5 Å². The van der Waals surface area contributed by atoms with E-state index in [1.54, 1.807) is 0 Å². The monoisotopic (exact) mass is 310 g/mol. The van der Waals surface area contributed by atoms with Gasteiger partial charge in [0.15, 0.2) is 0 Å². The zero-order chi connectivity index (χ0) is 14.5. The molecule has 0 aliphatic carbocycles. The number of hydrogen-bond acceptors (Lipinski definition) is 1. The van der Waals surface area contributed by atoms with Crippen LogP contribution in [0.1, 0.15) is 50.6 Å². The van der Waals surface area contributed by atoms with Crippen molar-refractivity contribution in [3.8, 4) is 0 Å². The van der Waals surface area contributed by atoms with Crippen LogP contribution in [0.4, 0.5) is 0 Å². The van der Waals surface area contributed by atoms with Crippen molar-refractivity contribution < 1.29 is 0 Å². The minimum Gasteiger partial charge on any atom is -0.334 e. The fourth-order valence-corrected chi connectivity index (χ4v) is 3.15. The van der Waals surface area contributed by atoms with Crippen molar-refractivity contribution >= 4 is 23.2 Å². The third-order valence-electron chi connectivity index (χ3n) is 3.81. The summed E-state index contributed by atoms with van der Waals surface area (Å²) in [6.07, 6.45) is 9.16. The highest BCUT2D eigenvalue weighted by Gasteiger charge is 2.22. The largest absolute Gasteiger partial charge is 0.334 e. The summed E-state index contributed by atoms with van der Waals surface area (Å²) in [5, 5.41) is 1.44. The lowest BCUT2D eigenvalue weighted by Gasteiger charge is -2.26.